The monoisotopic (exact) mass is 396 g/mol. The minimum Gasteiger partial charge on any atom is -0.481 e. The maximum Gasteiger partial charge on any atom is 0.335 e. The van der Waals surface area contributed by atoms with Crippen molar-refractivity contribution in [3.8, 4) is 0 Å². The Bertz CT molecular complexity index is 589. The summed E-state index contributed by atoms with van der Waals surface area (Å²) in [7, 11) is 0. The lowest BCUT2D eigenvalue weighted by atomic mass is 10.0. The van der Waals surface area contributed by atoms with Gasteiger partial charge in [-0.05, 0) is 30.7 Å². The van der Waals surface area contributed by atoms with Gasteiger partial charge >= 0.3 is 23.9 Å². The molecule has 1 rings (SSSR count). The molecule has 0 fully saturated rings. The van der Waals surface area contributed by atoms with E-state index in [1.807, 2.05) is 0 Å². The second-order valence-electron chi connectivity index (χ2n) is 6.33. The van der Waals surface area contributed by atoms with E-state index < -0.39 is 29.8 Å². The van der Waals surface area contributed by atoms with Gasteiger partial charge < -0.3 is 20.4 Å². The van der Waals surface area contributed by atoms with Crippen LogP contribution in [0.2, 0.25) is 0 Å². The smallest absolute Gasteiger partial charge is 0.335 e. The van der Waals surface area contributed by atoms with Crippen LogP contribution in [0, 0.1) is 5.92 Å². The van der Waals surface area contributed by atoms with Gasteiger partial charge in [-0.25, -0.2) is 9.59 Å². The summed E-state index contributed by atoms with van der Waals surface area (Å²) < 4.78 is 0. The molecular formula is C20H28O8. The Morgan fingerprint density at radius 2 is 1.04 bits per heavy atom. The largest absolute Gasteiger partial charge is 0.481 e. The van der Waals surface area contributed by atoms with Gasteiger partial charge in [-0.15, -0.1) is 0 Å². The number of benzene rings is 1. The van der Waals surface area contributed by atoms with Gasteiger partial charge in [-0.2, -0.15) is 0 Å². The van der Waals surface area contributed by atoms with E-state index in [0.29, 0.717) is 6.42 Å². The molecule has 4 N–H and O–H groups in total. The van der Waals surface area contributed by atoms with Crippen molar-refractivity contribution in [1.82, 2.24) is 0 Å². The van der Waals surface area contributed by atoms with E-state index in [1.165, 1.54) is 49.9 Å². The summed E-state index contributed by atoms with van der Waals surface area (Å²) in [5.74, 6) is -5.80. The summed E-state index contributed by atoms with van der Waals surface area (Å²) >= 11 is 0. The summed E-state index contributed by atoms with van der Waals surface area (Å²) in [5, 5.41) is 34.2. The van der Waals surface area contributed by atoms with E-state index in [1.54, 1.807) is 0 Å². The first-order valence-corrected chi connectivity index (χ1v) is 9.22. The number of hydrogen-bond donors (Lipinski definition) is 4. The van der Waals surface area contributed by atoms with Crippen LogP contribution < -0.4 is 0 Å². The van der Waals surface area contributed by atoms with Crippen LogP contribution in [0.25, 0.3) is 0 Å². The SMILES string of the molecule is CCCCCCCCCC(C(=O)O)C(=O)O.O=C(O)c1ccc(C(=O)O)cc1. The fourth-order valence-corrected chi connectivity index (χ4v) is 2.41. The zero-order valence-corrected chi connectivity index (χ0v) is 16.0. The van der Waals surface area contributed by atoms with Crippen LogP contribution in [-0.4, -0.2) is 44.3 Å². The molecular weight excluding hydrogens is 368 g/mol. The fraction of sp³-hybridized carbons (Fsp3) is 0.500. The third-order valence-corrected chi connectivity index (χ3v) is 4.07. The molecule has 8 nitrogen and oxygen atoms in total. The lowest BCUT2D eigenvalue weighted by molar-refractivity contribution is -0.154. The molecule has 0 unspecified atom stereocenters. The molecule has 1 aromatic rings. The van der Waals surface area contributed by atoms with E-state index in [9.17, 15) is 19.2 Å². The van der Waals surface area contributed by atoms with Gasteiger partial charge in [0.05, 0.1) is 11.1 Å². The van der Waals surface area contributed by atoms with Gasteiger partial charge in [0.15, 0.2) is 5.92 Å². The van der Waals surface area contributed by atoms with Crippen LogP contribution in [0.4, 0.5) is 0 Å². The first kappa shape index (κ1) is 25.1. The third-order valence-electron chi connectivity index (χ3n) is 4.07. The molecule has 0 aliphatic heterocycles. The molecule has 0 radical (unpaired) electrons. The van der Waals surface area contributed by atoms with Crippen molar-refractivity contribution in [2.24, 2.45) is 5.92 Å². The van der Waals surface area contributed by atoms with Crippen molar-refractivity contribution in [3.63, 3.8) is 0 Å². The van der Waals surface area contributed by atoms with Gasteiger partial charge in [0, 0.05) is 0 Å². The maximum absolute atomic E-state index is 10.6. The molecule has 156 valence electrons. The first-order chi connectivity index (χ1) is 13.2. The van der Waals surface area contributed by atoms with Gasteiger partial charge in [-0.1, -0.05) is 51.9 Å². The van der Waals surface area contributed by atoms with Gasteiger partial charge in [0.2, 0.25) is 0 Å². The van der Waals surface area contributed by atoms with Crippen LogP contribution in [0.3, 0.4) is 0 Å². The minimum atomic E-state index is -1.23. The van der Waals surface area contributed by atoms with E-state index in [-0.39, 0.29) is 17.5 Å². The zero-order valence-electron chi connectivity index (χ0n) is 16.0. The van der Waals surface area contributed by atoms with E-state index in [0.717, 1.165) is 12.8 Å². The second kappa shape index (κ2) is 14.2. The fourth-order valence-electron chi connectivity index (χ4n) is 2.41. The highest BCUT2D eigenvalue weighted by molar-refractivity contribution is 5.93. The summed E-state index contributed by atoms with van der Waals surface area (Å²) in [4.78, 5) is 41.8. The molecule has 0 heterocycles. The number of carboxylic acids is 4. The Morgan fingerprint density at radius 1 is 0.679 bits per heavy atom. The normalized spacial score (nSPS) is 10.1. The van der Waals surface area contributed by atoms with E-state index in [4.69, 9.17) is 20.4 Å². The van der Waals surface area contributed by atoms with Crippen molar-refractivity contribution in [3.05, 3.63) is 35.4 Å². The molecule has 8 heteroatoms. The highest BCUT2D eigenvalue weighted by atomic mass is 16.4. The van der Waals surface area contributed by atoms with E-state index >= 15 is 0 Å². The van der Waals surface area contributed by atoms with Gasteiger partial charge in [0.25, 0.3) is 0 Å². The second-order valence-corrected chi connectivity index (χ2v) is 6.33. The first-order valence-electron chi connectivity index (χ1n) is 9.22. The molecule has 0 aliphatic rings. The Balaban J connectivity index is 0.000000540. The minimum absolute atomic E-state index is 0.0833. The average Bonchev–Trinajstić information content (AvgIpc) is 2.63. The van der Waals surface area contributed by atoms with Crippen LogP contribution in [0.1, 0.15) is 79.0 Å². The molecule has 0 saturated carbocycles. The molecule has 0 aliphatic carbocycles. The lowest BCUT2D eigenvalue weighted by Crippen LogP contribution is -2.23. The molecule has 1 aromatic carbocycles. The third kappa shape index (κ3) is 10.9. The van der Waals surface area contributed by atoms with Crippen molar-refractivity contribution in [1.29, 1.82) is 0 Å². The number of rotatable bonds is 12. The van der Waals surface area contributed by atoms with Crippen molar-refractivity contribution >= 4 is 23.9 Å². The number of aromatic carboxylic acids is 2. The Labute approximate surface area is 163 Å². The summed E-state index contributed by atoms with van der Waals surface area (Å²) in [6.45, 7) is 2.16. The molecule has 28 heavy (non-hydrogen) atoms. The Hall–Kier alpha value is -2.90. The average molecular weight is 396 g/mol. The zero-order chi connectivity index (χ0) is 21.5. The van der Waals surface area contributed by atoms with Gasteiger partial charge in [-0.3, -0.25) is 9.59 Å². The predicted octanol–water partition coefficient (Wildman–Crippen LogP) is 4.00. The molecule has 0 bridgehead atoms. The number of aliphatic carboxylic acids is 2. The van der Waals surface area contributed by atoms with Gasteiger partial charge in [0.1, 0.15) is 0 Å². The number of hydrogen-bond acceptors (Lipinski definition) is 4. The number of carboxylic acid groups (broad SMARTS) is 4. The Kier molecular flexibility index (Phi) is 12.7. The van der Waals surface area contributed by atoms with Crippen molar-refractivity contribution in [2.45, 2.75) is 58.3 Å². The van der Waals surface area contributed by atoms with Crippen LogP contribution >= 0.6 is 0 Å². The number of carbonyl (C=O) groups is 4. The number of unbranched alkanes of at least 4 members (excludes halogenated alkanes) is 6. The summed E-state index contributed by atoms with van der Waals surface area (Å²) in [5.41, 5.74) is 0.167. The predicted molar refractivity (Wildman–Crippen MR) is 102 cm³/mol. The molecule has 0 atom stereocenters. The van der Waals surface area contributed by atoms with Crippen molar-refractivity contribution < 1.29 is 39.6 Å². The molecule has 0 saturated heterocycles. The van der Waals surface area contributed by atoms with Crippen molar-refractivity contribution in [2.75, 3.05) is 0 Å². The quantitative estimate of drug-likeness (QED) is 0.306. The van der Waals surface area contributed by atoms with Crippen LogP contribution in [-0.2, 0) is 9.59 Å². The topological polar surface area (TPSA) is 149 Å². The van der Waals surface area contributed by atoms with Crippen LogP contribution in [0.15, 0.2) is 24.3 Å². The summed E-state index contributed by atoms with van der Waals surface area (Å²) in [6, 6.07) is 5.02. The Morgan fingerprint density at radius 3 is 1.36 bits per heavy atom. The molecule has 0 aromatic heterocycles. The maximum atomic E-state index is 10.6. The highest BCUT2D eigenvalue weighted by Gasteiger charge is 2.24. The molecule has 0 amide bonds. The van der Waals surface area contributed by atoms with Crippen LogP contribution in [0.5, 0.6) is 0 Å². The lowest BCUT2D eigenvalue weighted by Gasteiger charge is -2.06. The van der Waals surface area contributed by atoms with E-state index in [2.05, 4.69) is 6.92 Å². The highest BCUT2D eigenvalue weighted by Crippen LogP contribution is 2.13. The molecule has 0 spiro atoms. The standard InChI is InChI=1S/C12H22O4.C8H6O4/c1-2-3-4-5-6-7-8-9-10(11(13)14)12(15)16;9-7(10)5-1-2-6(4-3-5)8(11)12/h10H,2-9H2,1H3,(H,13,14)(H,15,16);1-4H,(H,9,10)(H,11,12). The summed E-state index contributed by atoms with van der Waals surface area (Å²) in [6.07, 6.45) is 7.78.